The Kier molecular flexibility index (Phi) is 3.10. The van der Waals surface area contributed by atoms with E-state index in [9.17, 15) is 4.79 Å². The van der Waals surface area contributed by atoms with Crippen LogP contribution < -0.4 is 0 Å². The first-order chi connectivity index (χ1) is 6.53. The Labute approximate surface area is 86.2 Å². The van der Waals surface area contributed by atoms with Gasteiger partial charge in [-0.1, -0.05) is 37.6 Å². The van der Waals surface area contributed by atoms with Crippen LogP contribution in [0.4, 0.5) is 0 Å². The van der Waals surface area contributed by atoms with Gasteiger partial charge in [0.1, 0.15) is 6.29 Å². The van der Waals surface area contributed by atoms with E-state index >= 15 is 0 Å². The third-order valence-electron chi connectivity index (χ3n) is 3.08. The fraction of sp³-hybridized carbons (Fsp3) is 0.462. The SMILES string of the molecule is CC=C(C=O)C1=C(C)C(C)(C)CC=C1. The highest BCUT2D eigenvalue weighted by Gasteiger charge is 2.24. The van der Waals surface area contributed by atoms with Crippen molar-refractivity contribution in [3.63, 3.8) is 0 Å². The standard InChI is InChI=1S/C13H18O/c1-5-11(9-14)12-7-6-8-13(3,4)10(12)2/h5-7,9H,8H2,1-4H3. The molecule has 0 saturated carbocycles. The maximum Gasteiger partial charge on any atom is 0.150 e. The normalized spacial score (nSPS) is 21.3. The largest absolute Gasteiger partial charge is 0.298 e. The van der Waals surface area contributed by atoms with Crippen LogP contribution in [0.3, 0.4) is 0 Å². The zero-order valence-electron chi connectivity index (χ0n) is 9.42. The highest BCUT2D eigenvalue weighted by Crippen LogP contribution is 2.38. The minimum atomic E-state index is 0.182. The van der Waals surface area contributed by atoms with E-state index in [0.29, 0.717) is 0 Å². The van der Waals surface area contributed by atoms with Gasteiger partial charge in [0.25, 0.3) is 0 Å². The maximum absolute atomic E-state index is 10.9. The number of aldehydes is 1. The Bertz CT molecular complexity index is 327. The molecule has 0 aromatic carbocycles. The summed E-state index contributed by atoms with van der Waals surface area (Å²) in [4.78, 5) is 10.9. The van der Waals surface area contributed by atoms with Gasteiger partial charge in [-0.25, -0.2) is 0 Å². The summed E-state index contributed by atoms with van der Waals surface area (Å²) in [6.07, 6.45) is 8.07. The Balaban J connectivity index is 3.21. The van der Waals surface area contributed by atoms with Crippen LogP contribution in [0.1, 0.15) is 34.1 Å². The monoisotopic (exact) mass is 190 g/mol. The molecule has 1 aliphatic carbocycles. The average Bonchev–Trinajstić information content (AvgIpc) is 2.14. The molecule has 0 saturated heterocycles. The van der Waals surface area contributed by atoms with Gasteiger partial charge >= 0.3 is 0 Å². The van der Waals surface area contributed by atoms with Crippen LogP contribution in [0, 0.1) is 5.41 Å². The average molecular weight is 190 g/mol. The molecule has 14 heavy (non-hydrogen) atoms. The van der Waals surface area contributed by atoms with Crippen molar-refractivity contribution < 1.29 is 4.79 Å². The smallest absolute Gasteiger partial charge is 0.150 e. The third kappa shape index (κ3) is 1.87. The summed E-state index contributed by atoms with van der Waals surface area (Å²) in [5.74, 6) is 0. The molecule has 0 atom stereocenters. The molecular weight excluding hydrogens is 172 g/mol. The second kappa shape index (κ2) is 3.95. The predicted octanol–water partition coefficient (Wildman–Crippen LogP) is 3.43. The lowest BCUT2D eigenvalue weighted by Crippen LogP contribution is -2.17. The molecule has 0 aliphatic heterocycles. The van der Waals surface area contributed by atoms with Gasteiger partial charge in [-0.05, 0) is 31.3 Å². The molecule has 0 aromatic rings. The Morgan fingerprint density at radius 1 is 1.50 bits per heavy atom. The number of carbonyl (C=O) groups excluding carboxylic acids is 1. The molecule has 0 heterocycles. The van der Waals surface area contributed by atoms with Gasteiger partial charge in [0.15, 0.2) is 0 Å². The van der Waals surface area contributed by atoms with Crippen LogP contribution in [0.5, 0.6) is 0 Å². The molecular formula is C13H18O. The van der Waals surface area contributed by atoms with Gasteiger partial charge in [-0.3, -0.25) is 4.79 Å². The van der Waals surface area contributed by atoms with Gasteiger partial charge in [0.05, 0.1) is 0 Å². The van der Waals surface area contributed by atoms with Gasteiger partial charge in [-0.15, -0.1) is 0 Å². The van der Waals surface area contributed by atoms with E-state index in [1.54, 1.807) is 0 Å². The second-order valence-electron chi connectivity index (χ2n) is 4.39. The summed E-state index contributed by atoms with van der Waals surface area (Å²) in [6, 6.07) is 0. The van der Waals surface area contributed by atoms with Gasteiger partial charge in [0, 0.05) is 5.57 Å². The van der Waals surface area contributed by atoms with Crippen molar-refractivity contribution in [1.29, 1.82) is 0 Å². The van der Waals surface area contributed by atoms with Crippen molar-refractivity contribution in [1.82, 2.24) is 0 Å². The lowest BCUT2D eigenvalue weighted by atomic mass is 9.75. The number of carbonyl (C=O) groups is 1. The number of hydrogen-bond acceptors (Lipinski definition) is 1. The predicted molar refractivity (Wildman–Crippen MR) is 60.1 cm³/mol. The van der Waals surface area contributed by atoms with E-state index in [1.165, 1.54) is 5.57 Å². The van der Waals surface area contributed by atoms with Crippen LogP contribution in [0.15, 0.2) is 34.9 Å². The van der Waals surface area contributed by atoms with E-state index in [1.807, 2.05) is 13.0 Å². The first-order valence-electron chi connectivity index (χ1n) is 5.02. The molecule has 0 spiro atoms. The van der Waals surface area contributed by atoms with Gasteiger partial charge in [-0.2, -0.15) is 0 Å². The molecule has 1 rings (SSSR count). The van der Waals surface area contributed by atoms with Gasteiger partial charge in [0.2, 0.25) is 0 Å². The highest BCUT2D eigenvalue weighted by atomic mass is 16.1. The van der Waals surface area contributed by atoms with Gasteiger partial charge < -0.3 is 0 Å². The van der Waals surface area contributed by atoms with Crippen LogP contribution in [-0.2, 0) is 4.79 Å². The van der Waals surface area contributed by atoms with Crippen molar-refractivity contribution in [2.45, 2.75) is 34.1 Å². The number of hydrogen-bond donors (Lipinski definition) is 0. The lowest BCUT2D eigenvalue weighted by molar-refractivity contribution is -0.104. The Morgan fingerprint density at radius 3 is 2.64 bits per heavy atom. The summed E-state index contributed by atoms with van der Waals surface area (Å²) in [5, 5.41) is 0. The Hall–Kier alpha value is -1.11. The first-order valence-corrected chi connectivity index (χ1v) is 5.02. The zero-order valence-corrected chi connectivity index (χ0v) is 9.42. The summed E-state index contributed by atoms with van der Waals surface area (Å²) >= 11 is 0. The Morgan fingerprint density at radius 2 is 2.14 bits per heavy atom. The van der Waals surface area contributed by atoms with Crippen molar-refractivity contribution >= 4 is 6.29 Å². The molecule has 0 fully saturated rings. The van der Waals surface area contributed by atoms with E-state index in [2.05, 4.69) is 32.9 Å². The molecule has 1 heteroatoms. The van der Waals surface area contributed by atoms with Crippen LogP contribution >= 0.6 is 0 Å². The van der Waals surface area contributed by atoms with Crippen molar-refractivity contribution in [2.24, 2.45) is 5.41 Å². The highest BCUT2D eigenvalue weighted by molar-refractivity contribution is 5.82. The summed E-state index contributed by atoms with van der Waals surface area (Å²) < 4.78 is 0. The minimum absolute atomic E-state index is 0.182. The van der Waals surface area contributed by atoms with Crippen LogP contribution in [0.25, 0.3) is 0 Å². The molecule has 0 amide bonds. The molecule has 0 radical (unpaired) electrons. The molecule has 0 aromatic heterocycles. The number of rotatable bonds is 2. The summed E-state index contributed by atoms with van der Waals surface area (Å²) in [7, 11) is 0. The quantitative estimate of drug-likeness (QED) is 0.481. The van der Waals surface area contributed by atoms with Crippen molar-refractivity contribution in [3.8, 4) is 0 Å². The summed E-state index contributed by atoms with van der Waals surface area (Å²) in [5.41, 5.74) is 3.38. The van der Waals surface area contributed by atoms with E-state index < -0.39 is 0 Å². The number of allylic oxidation sites excluding steroid dienone is 6. The lowest BCUT2D eigenvalue weighted by Gasteiger charge is -2.30. The van der Waals surface area contributed by atoms with Crippen LogP contribution in [0.2, 0.25) is 0 Å². The fourth-order valence-corrected chi connectivity index (χ4v) is 1.71. The molecule has 0 N–H and O–H groups in total. The van der Waals surface area contributed by atoms with Crippen molar-refractivity contribution in [3.05, 3.63) is 34.9 Å². The van der Waals surface area contributed by atoms with E-state index in [-0.39, 0.29) is 5.41 Å². The third-order valence-corrected chi connectivity index (χ3v) is 3.08. The molecule has 0 unspecified atom stereocenters. The molecule has 0 bridgehead atoms. The fourth-order valence-electron chi connectivity index (χ4n) is 1.71. The van der Waals surface area contributed by atoms with E-state index in [4.69, 9.17) is 0 Å². The zero-order chi connectivity index (χ0) is 10.8. The molecule has 1 nitrogen and oxygen atoms in total. The first kappa shape index (κ1) is 11.0. The summed E-state index contributed by atoms with van der Waals surface area (Å²) in [6.45, 7) is 8.44. The minimum Gasteiger partial charge on any atom is -0.298 e. The second-order valence-corrected chi connectivity index (χ2v) is 4.39. The molecule has 76 valence electrons. The topological polar surface area (TPSA) is 17.1 Å². The maximum atomic E-state index is 10.9. The van der Waals surface area contributed by atoms with E-state index in [0.717, 1.165) is 23.9 Å². The van der Waals surface area contributed by atoms with Crippen molar-refractivity contribution in [2.75, 3.05) is 0 Å². The molecule has 1 aliphatic rings. The van der Waals surface area contributed by atoms with Crippen LogP contribution in [-0.4, -0.2) is 6.29 Å².